The fourth-order valence-electron chi connectivity index (χ4n) is 3.45. The number of rotatable bonds is 9. The Bertz CT molecular complexity index is 348. The van der Waals surface area contributed by atoms with Crippen LogP contribution < -0.4 is 0 Å². The van der Waals surface area contributed by atoms with Gasteiger partial charge in [0.05, 0.1) is 13.2 Å². The molecule has 0 spiro atoms. The third kappa shape index (κ3) is 3.13. The fraction of sp³-hybridized carbons (Fsp3) is 0.875. The standard InChI is InChI=1S/C16H32N2O4/c1-9-15(17(5)6,13(19)21-11-3)16(10-2,18(7)8)14(20)22-12-4/h9-12H2,1-8H3. The van der Waals surface area contributed by atoms with Crippen molar-refractivity contribution in [2.45, 2.75) is 51.6 Å². The molecule has 0 radical (unpaired) electrons. The maximum Gasteiger partial charge on any atom is 0.329 e. The molecule has 6 nitrogen and oxygen atoms in total. The Morgan fingerprint density at radius 1 is 0.727 bits per heavy atom. The lowest BCUT2D eigenvalue weighted by atomic mass is 9.70. The maximum atomic E-state index is 12.9. The van der Waals surface area contributed by atoms with Crippen LogP contribution in [0.15, 0.2) is 0 Å². The minimum atomic E-state index is -1.12. The van der Waals surface area contributed by atoms with E-state index in [1.165, 1.54) is 0 Å². The van der Waals surface area contributed by atoms with Crippen molar-refractivity contribution in [2.75, 3.05) is 41.4 Å². The maximum absolute atomic E-state index is 12.9. The molecule has 0 saturated heterocycles. The van der Waals surface area contributed by atoms with Gasteiger partial charge in [0.2, 0.25) is 0 Å². The first-order valence-corrected chi connectivity index (χ1v) is 7.92. The van der Waals surface area contributed by atoms with Crippen molar-refractivity contribution in [1.29, 1.82) is 0 Å². The minimum Gasteiger partial charge on any atom is -0.465 e. The zero-order valence-electron chi connectivity index (χ0n) is 15.4. The molecule has 0 aromatic carbocycles. The van der Waals surface area contributed by atoms with Crippen LogP contribution in [0.5, 0.6) is 0 Å². The van der Waals surface area contributed by atoms with Crippen molar-refractivity contribution < 1.29 is 19.1 Å². The summed E-state index contributed by atoms with van der Waals surface area (Å²) in [6, 6.07) is 0. The van der Waals surface area contributed by atoms with Gasteiger partial charge < -0.3 is 9.47 Å². The van der Waals surface area contributed by atoms with Gasteiger partial charge in [0.1, 0.15) is 11.1 Å². The van der Waals surface area contributed by atoms with Gasteiger partial charge in [-0.3, -0.25) is 9.80 Å². The van der Waals surface area contributed by atoms with Crippen LogP contribution >= 0.6 is 0 Å². The van der Waals surface area contributed by atoms with Crippen molar-refractivity contribution in [3.8, 4) is 0 Å². The number of carbonyl (C=O) groups is 2. The van der Waals surface area contributed by atoms with Crippen molar-refractivity contribution in [2.24, 2.45) is 0 Å². The highest BCUT2D eigenvalue weighted by atomic mass is 16.5. The van der Waals surface area contributed by atoms with Crippen molar-refractivity contribution in [1.82, 2.24) is 9.80 Å². The van der Waals surface area contributed by atoms with E-state index in [1.54, 1.807) is 51.8 Å². The van der Waals surface area contributed by atoms with Crippen LogP contribution in [0.3, 0.4) is 0 Å². The third-order valence-electron chi connectivity index (χ3n) is 4.46. The first kappa shape index (κ1) is 20.9. The van der Waals surface area contributed by atoms with E-state index in [0.717, 1.165) is 0 Å². The third-order valence-corrected chi connectivity index (χ3v) is 4.46. The number of likely N-dealkylation sites (N-methyl/N-ethyl adjacent to an activating group) is 2. The molecule has 0 rings (SSSR count). The summed E-state index contributed by atoms with van der Waals surface area (Å²) in [4.78, 5) is 29.3. The van der Waals surface area contributed by atoms with E-state index >= 15 is 0 Å². The number of carbonyl (C=O) groups excluding carboxylic acids is 2. The Labute approximate surface area is 134 Å². The van der Waals surface area contributed by atoms with Crippen LogP contribution in [0.1, 0.15) is 40.5 Å². The van der Waals surface area contributed by atoms with E-state index < -0.39 is 23.0 Å². The average Bonchev–Trinajstić information content (AvgIpc) is 2.44. The van der Waals surface area contributed by atoms with Gasteiger partial charge in [-0.25, -0.2) is 9.59 Å². The van der Waals surface area contributed by atoms with Crippen LogP contribution in [0.4, 0.5) is 0 Å². The first-order chi connectivity index (χ1) is 10.2. The van der Waals surface area contributed by atoms with Gasteiger partial charge in [0, 0.05) is 0 Å². The number of nitrogens with zero attached hydrogens (tertiary/aromatic N) is 2. The molecular weight excluding hydrogens is 284 g/mol. The fourth-order valence-corrected chi connectivity index (χ4v) is 3.45. The number of hydrogen-bond acceptors (Lipinski definition) is 6. The summed E-state index contributed by atoms with van der Waals surface area (Å²) in [7, 11) is 7.20. The molecular formula is C16H32N2O4. The Morgan fingerprint density at radius 2 is 1.00 bits per heavy atom. The second-order valence-corrected chi connectivity index (χ2v) is 5.66. The van der Waals surface area contributed by atoms with Crippen LogP contribution in [0, 0.1) is 0 Å². The van der Waals surface area contributed by atoms with E-state index in [2.05, 4.69) is 0 Å². The SMILES string of the molecule is CCOC(=O)C(CC)(N(C)C)C(CC)(C(=O)OCC)N(C)C. The molecule has 22 heavy (non-hydrogen) atoms. The normalized spacial score (nSPS) is 17.0. The van der Waals surface area contributed by atoms with E-state index in [0.29, 0.717) is 12.8 Å². The Kier molecular flexibility index (Phi) is 8.04. The van der Waals surface area contributed by atoms with Gasteiger partial charge in [-0.1, -0.05) is 13.8 Å². The quantitative estimate of drug-likeness (QED) is 0.601. The molecule has 0 aliphatic rings. The second-order valence-electron chi connectivity index (χ2n) is 5.66. The molecule has 2 atom stereocenters. The van der Waals surface area contributed by atoms with Gasteiger partial charge in [-0.15, -0.1) is 0 Å². The molecule has 0 aliphatic heterocycles. The van der Waals surface area contributed by atoms with Gasteiger partial charge in [-0.05, 0) is 54.9 Å². The molecule has 0 fully saturated rings. The molecule has 0 amide bonds. The van der Waals surface area contributed by atoms with Gasteiger partial charge in [-0.2, -0.15) is 0 Å². The highest BCUT2D eigenvalue weighted by Gasteiger charge is 2.63. The van der Waals surface area contributed by atoms with Crippen LogP contribution in [-0.4, -0.2) is 74.2 Å². The average molecular weight is 316 g/mol. The topological polar surface area (TPSA) is 59.1 Å². The molecule has 0 aromatic rings. The monoisotopic (exact) mass is 316 g/mol. The predicted octanol–water partition coefficient (Wildman–Crippen LogP) is 1.53. The molecule has 130 valence electrons. The highest BCUT2D eigenvalue weighted by Crippen LogP contribution is 2.39. The van der Waals surface area contributed by atoms with E-state index in [1.807, 2.05) is 13.8 Å². The van der Waals surface area contributed by atoms with Crippen molar-refractivity contribution in [3.63, 3.8) is 0 Å². The summed E-state index contributed by atoms with van der Waals surface area (Å²) in [6.07, 6.45) is 0.868. The van der Waals surface area contributed by atoms with Gasteiger partial charge in [0.25, 0.3) is 0 Å². The second kappa shape index (κ2) is 8.48. The predicted molar refractivity (Wildman–Crippen MR) is 86.7 cm³/mol. The van der Waals surface area contributed by atoms with E-state index in [-0.39, 0.29) is 13.2 Å². The smallest absolute Gasteiger partial charge is 0.329 e. The molecule has 6 heteroatoms. The summed E-state index contributed by atoms with van der Waals surface area (Å²) in [6.45, 7) is 7.85. The molecule has 0 bridgehead atoms. The van der Waals surface area contributed by atoms with Crippen LogP contribution in [-0.2, 0) is 19.1 Å². The number of hydrogen-bond donors (Lipinski definition) is 0. The first-order valence-electron chi connectivity index (χ1n) is 7.92. The van der Waals surface area contributed by atoms with Crippen LogP contribution in [0.25, 0.3) is 0 Å². The molecule has 2 unspecified atom stereocenters. The Balaban J connectivity index is 6.40. The zero-order valence-corrected chi connectivity index (χ0v) is 15.4. The molecule has 0 aromatic heterocycles. The number of ether oxygens (including phenoxy) is 2. The van der Waals surface area contributed by atoms with E-state index in [4.69, 9.17) is 9.47 Å². The van der Waals surface area contributed by atoms with Crippen LogP contribution in [0.2, 0.25) is 0 Å². The van der Waals surface area contributed by atoms with Gasteiger partial charge in [0.15, 0.2) is 0 Å². The Hall–Kier alpha value is -1.14. The summed E-state index contributed by atoms with van der Waals surface area (Å²) in [5, 5.41) is 0. The van der Waals surface area contributed by atoms with Crippen molar-refractivity contribution >= 4 is 11.9 Å². The zero-order chi connectivity index (χ0) is 17.6. The summed E-state index contributed by atoms with van der Waals surface area (Å²) < 4.78 is 10.7. The lowest BCUT2D eigenvalue weighted by Gasteiger charge is -2.52. The largest absolute Gasteiger partial charge is 0.465 e. The van der Waals surface area contributed by atoms with E-state index in [9.17, 15) is 9.59 Å². The lowest BCUT2D eigenvalue weighted by molar-refractivity contribution is -0.185. The molecule has 0 N–H and O–H groups in total. The lowest BCUT2D eigenvalue weighted by Crippen LogP contribution is -2.75. The Morgan fingerprint density at radius 3 is 1.14 bits per heavy atom. The van der Waals surface area contributed by atoms with Gasteiger partial charge >= 0.3 is 11.9 Å². The summed E-state index contributed by atoms with van der Waals surface area (Å²) >= 11 is 0. The number of esters is 2. The summed E-state index contributed by atoms with van der Waals surface area (Å²) in [5.41, 5.74) is -2.24. The molecule has 0 heterocycles. The molecule has 0 saturated carbocycles. The summed E-state index contributed by atoms with van der Waals surface area (Å²) in [5.74, 6) is -0.794. The molecule has 0 aliphatic carbocycles. The van der Waals surface area contributed by atoms with Crippen molar-refractivity contribution in [3.05, 3.63) is 0 Å². The highest BCUT2D eigenvalue weighted by molar-refractivity contribution is 5.94. The minimum absolute atomic E-state index is 0.268.